The summed E-state index contributed by atoms with van der Waals surface area (Å²) in [6.45, 7) is 3.46. The summed E-state index contributed by atoms with van der Waals surface area (Å²) < 4.78 is 5.83. The summed E-state index contributed by atoms with van der Waals surface area (Å²) in [5, 5.41) is 9.19. The highest BCUT2D eigenvalue weighted by Crippen LogP contribution is 2.67. The predicted octanol–water partition coefficient (Wildman–Crippen LogP) is 5.50. The van der Waals surface area contributed by atoms with Gasteiger partial charge in [-0.15, -0.1) is 0 Å². The minimum atomic E-state index is 0.312. The van der Waals surface area contributed by atoms with Gasteiger partial charge in [0.2, 0.25) is 0 Å². The molecule has 0 bridgehead atoms. The fourth-order valence-electron chi connectivity index (χ4n) is 7.78. The third kappa shape index (κ3) is 2.23. The Morgan fingerprint density at radius 3 is 2.79 bits per heavy atom. The number of ether oxygens (including phenoxy) is 1. The molecule has 6 atom stereocenters. The smallest absolute Gasteiger partial charge is 0.0911 e. The first-order valence-corrected chi connectivity index (χ1v) is 10.2. The summed E-state index contributed by atoms with van der Waals surface area (Å²) in [5.41, 5.74) is 2.24. The average molecular weight is 328 g/mol. The van der Waals surface area contributed by atoms with Crippen LogP contribution in [0.1, 0.15) is 71.1 Å². The molecule has 132 valence electrons. The van der Waals surface area contributed by atoms with Gasteiger partial charge in [0, 0.05) is 13.2 Å². The van der Waals surface area contributed by atoms with Crippen LogP contribution in [-0.4, -0.2) is 13.7 Å². The lowest BCUT2D eigenvalue weighted by atomic mass is 9.45. The molecule has 0 aromatic rings. The first-order valence-electron chi connectivity index (χ1n) is 10.2. The number of hydrogen-bond acceptors (Lipinski definition) is 2. The van der Waals surface area contributed by atoms with Crippen molar-refractivity contribution in [3.05, 3.63) is 11.6 Å². The molecule has 24 heavy (non-hydrogen) atoms. The van der Waals surface area contributed by atoms with Crippen molar-refractivity contribution in [3.63, 3.8) is 0 Å². The van der Waals surface area contributed by atoms with Crippen LogP contribution in [0.3, 0.4) is 0 Å². The lowest BCUT2D eigenvalue weighted by Crippen LogP contribution is -2.55. The topological polar surface area (TPSA) is 33.0 Å². The molecule has 0 radical (unpaired) electrons. The van der Waals surface area contributed by atoms with E-state index < -0.39 is 0 Å². The van der Waals surface area contributed by atoms with Crippen LogP contribution in [-0.2, 0) is 4.74 Å². The largest absolute Gasteiger partial charge is 0.384 e. The molecule has 2 heteroatoms. The predicted molar refractivity (Wildman–Crippen MR) is 96.2 cm³/mol. The maximum Gasteiger partial charge on any atom is 0.0911 e. The minimum Gasteiger partial charge on any atom is -0.384 e. The SMILES string of the molecule is COCC12CCCCC1CCC1C3CC/C(=C/C#N)C3(C)CCC12. The Morgan fingerprint density at radius 1 is 1.12 bits per heavy atom. The van der Waals surface area contributed by atoms with E-state index in [1.165, 1.54) is 69.8 Å². The number of fused-ring (bicyclic) bond motifs is 5. The molecule has 4 saturated carbocycles. The van der Waals surface area contributed by atoms with Gasteiger partial charge in [-0.25, -0.2) is 0 Å². The van der Waals surface area contributed by atoms with Gasteiger partial charge >= 0.3 is 0 Å². The fraction of sp³-hybridized carbons (Fsp3) is 0.864. The lowest BCUT2D eigenvalue weighted by molar-refractivity contribution is -0.136. The van der Waals surface area contributed by atoms with Crippen LogP contribution in [0.2, 0.25) is 0 Å². The van der Waals surface area contributed by atoms with Crippen LogP contribution in [0.15, 0.2) is 11.6 Å². The molecule has 0 spiro atoms. The van der Waals surface area contributed by atoms with E-state index in [-0.39, 0.29) is 0 Å². The summed E-state index contributed by atoms with van der Waals surface area (Å²) in [7, 11) is 1.92. The summed E-state index contributed by atoms with van der Waals surface area (Å²) in [6.07, 6.45) is 15.6. The van der Waals surface area contributed by atoms with Crippen molar-refractivity contribution in [2.75, 3.05) is 13.7 Å². The molecule has 0 heterocycles. The quantitative estimate of drug-likeness (QED) is 0.628. The number of hydrogen-bond donors (Lipinski definition) is 0. The molecular weight excluding hydrogens is 294 g/mol. The van der Waals surface area contributed by atoms with E-state index in [1.54, 1.807) is 0 Å². The van der Waals surface area contributed by atoms with Crippen molar-refractivity contribution < 1.29 is 4.74 Å². The van der Waals surface area contributed by atoms with Crippen molar-refractivity contribution in [3.8, 4) is 6.07 Å². The first kappa shape index (κ1) is 16.6. The summed E-state index contributed by atoms with van der Waals surface area (Å²) in [4.78, 5) is 0. The van der Waals surface area contributed by atoms with Gasteiger partial charge in [-0.3, -0.25) is 0 Å². The second-order valence-electron chi connectivity index (χ2n) is 9.36. The Kier molecular flexibility index (Phi) is 4.28. The first-order chi connectivity index (χ1) is 11.7. The van der Waals surface area contributed by atoms with E-state index in [4.69, 9.17) is 4.74 Å². The van der Waals surface area contributed by atoms with Crippen molar-refractivity contribution in [2.45, 2.75) is 71.1 Å². The van der Waals surface area contributed by atoms with Gasteiger partial charge in [-0.05, 0) is 85.9 Å². The van der Waals surface area contributed by atoms with Gasteiger partial charge in [-0.2, -0.15) is 5.26 Å². The molecule has 0 aliphatic heterocycles. The van der Waals surface area contributed by atoms with Crippen molar-refractivity contribution in [1.82, 2.24) is 0 Å². The third-order valence-corrected chi connectivity index (χ3v) is 8.78. The van der Waals surface area contributed by atoms with E-state index in [9.17, 15) is 5.26 Å². The summed E-state index contributed by atoms with van der Waals surface area (Å²) in [5.74, 6) is 3.47. The third-order valence-electron chi connectivity index (χ3n) is 8.78. The number of nitriles is 1. The zero-order valence-electron chi connectivity index (χ0n) is 15.5. The molecule has 0 aromatic heterocycles. The van der Waals surface area contributed by atoms with Crippen LogP contribution in [0.4, 0.5) is 0 Å². The lowest BCUT2D eigenvalue weighted by Gasteiger charge is -2.61. The highest BCUT2D eigenvalue weighted by atomic mass is 16.5. The molecular formula is C22H33NO. The molecule has 0 amide bonds. The van der Waals surface area contributed by atoms with Gasteiger partial charge in [0.25, 0.3) is 0 Å². The maximum absolute atomic E-state index is 9.19. The Labute approximate surface area is 147 Å². The molecule has 6 unspecified atom stereocenters. The summed E-state index contributed by atoms with van der Waals surface area (Å²) >= 11 is 0. The maximum atomic E-state index is 9.19. The van der Waals surface area contributed by atoms with Crippen LogP contribution in [0, 0.1) is 45.8 Å². The standard InChI is InChI=1S/C22H33NO/c1-21-13-10-20-18(19(21)9-7-16(21)11-14-23)8-6-17-5-3-4-12-22(17,20)15-24-2/h11,17-20H,3-10,12-13,15H2,1-2H3/b16-11-. The molecule has 0 saturated heterocycles. The average Bonchev–Trinajstić information content (AvgIpc) is 2.92. The van der Waals surface area contributed by atoms with Gasteiger partial charge < -0.3 is 4.74 Å². The minimum absolute atomic E-state index is 0.312. The van der Waals surface area contributed by atoms with E-state index in [1.807, 2.05) is 13.2 Å². The molecule has 4 aliphatic rings. The fourth-order valence-corrected chi connectivity index (χ4v) is 7.78. The van der Waals surface area contributed by atoms with Crippen LogP contribution >= 0.6 is 0 Å². The Bertz CT molecular complexity index is 557. The number of rotatable bonds is 2. The molecule has 4 fully saturated rings. The Balaban J connectivity index is 1.67. The van der Waals surface area contributed by atoms with Crippen molar-refractivity contribution in [2.24, 2.45) is 34.5 Å². The molecule has 0 N–H and O–H groups in total. The zero-order valence-corrected chi connectivity index (χ0v) is 15.5. The summed E-state index contributed by atoms with van der Waals surface area (Å²) in [6, 6.07) is 2.33. The van der Waals surface area contributed by atoms with Crippen molar-refractivity contribution in [1.29, 1.82) is 5.26 Å². The normalized spacial score (nSPS) is 49.1. The van der Waals surface area contributed by atoms with Crippen LogP contribution in [0.5, 0.6) is 0 Å². The molecule has 4 aliphatic carbocycles. The number of allylic oxidation sites excluding steroid dienone is 2. The van der Waals surface area contributed by atoms with E-state index >= 15 is 0 Å². The van der Waals surface area contributed by atoms with Gasteiger partial charge in [0.1, 0.15) is 0 Å². The zero-order chi connectivity index (χ0) is 16.8. The van der Waals surface area contributed by atoms with Crippen molar-refractivity contribution >= 4 is 0 Å². The number of methoxy groups -OCH3 is 1. The molecule has 4 rings (SSSR count). The Morgan fingerprint density at radius 2 is 2.00 bits per heavy atom. The van der Waals surface area contributed by atoms with Crippen LogP contribution < -0.4 is 0 Å². The van der Waals surface area contributed by atoms with E-state index in [0.29, 0.717) is 10.8 Å². The van der Waals surface area contributed by atoms with Gasteiger partial charge in [0.05, 0.1) is 12.7 Å². The highest BCUT2D eigenvalue weighted by molar-refractivity contribution is 5.28. The van der Waals surface area contributed by atoms with Crippen LogP contribution in [0.25, 0.3) is 0 Å². The van der Waals surface area contributed by atoms with Gasteiger partial charge in [-0.1, -0.05) is 25.3 Å². The number of nitrogens with zero attached hydrogens (tertiary/aromatic N) is 1. The van der Waals surface area contributed by atoms with E-state index in [0.717, 1.165) is 30.3 Å². The molecule has 0 aromatic carbocycles. The monoisotopic (exact) mass is 327 g/mol. The second-order valence-corrected chi connectivity index (χ2v) is 9.36. The van der Waals surface area contributed by atoms with E-state index in [2.05, 4.69) is 13.0 Å². The molecule has 2 nitrogen and oxygen atoms in total. The Hall–Kier alpha value is -0.810. The second kappa shape index (κ2) is 6.17. The van der Waals surface area contributed by atoms with Gasteiger partial charge in [0.15, 0.2) is 0 Å². The highest BCUT2D eigenvalue weighted by Gasteiger charge is 2.59.